The molecule has 0 saturated carbocycles. The average Bonchev–Trinajstić information content (AvgIpc) is 3.04. The molecule has 3 heterocycles. The minimum atomic E-state index is 0.395. The molecular weight excluding hydrogens is 284 g/mol. The predicted molar refractivity (Wildman–Crippen MR) is 74.0 cm³/mol. The second kappa shape index (κ2) is 5.14. The number of thiophene rings is 1. The first-order valence-electron chi connectivity index (χ1n) is 5.76. The number of ether oxygens (including phenoxy) is 1. The summed E-state index contributed by atoms with van der Waals surface area (Å²) in [6.07, 6.45) is 2.29. The Hall–Kier alpha value is -1.66. The molecule has 0 fully saturated rings. The molecule has 3 aromatic rings. The summed E-state index contributed by atoms with van der Waals surface area (Å²) in [5.74, 6) is 1.05. The summed E-state index contributed by atoms with van der Waals surface area (Å²) in [5, 5.41) is 6.55. The van der Waals surface area contributed by atoms with Gasteiger partial charge in [0.2, 0.25) is 5.88 Å². The molecule has 5 nitrogen and oxygen atoms in total. The van der Waals surface area contributed by atoms with E-state index < -0.39 is 0 Å². The number of fused-ring (bicyclic) bond motifs is 1. The van der Waals surface area contributed by atoms with Gasteiger partial charge in [-0.05, 0) is 18.4 Å². The van der Waals surface area contributed by atoms with Crippen LogP contribution in [-0.2, 0) is 6.42 Å². The summed E-state index contributed by atoms with van der Waals surface area (Å²) < 4.78 is 7.37. The van der Waals surface area contributed by atoms with Gasteiger partial charge >= 0.3 is 0 Å². The van der Waals surface area contributed by atoms with Crippen LogP contribution >= 0.6 is 22.9 Å². The van der Waals surface area contributed by atoms with E-state index in [1.807, 2.05) is 13.0 Å². The van der Waals surface area contributed by atoms with Crippen LogP contribution in [0.15, 0.2) is 23.8 Å². The lowest BCUT2D eigenvalue weighted by molar-refractivity contribution is 0.299. The molecule has 0 N–H and O–H groups in total. The number of nitrogens with zero attached hydrogens (tertiary/aromatic N) is 4. The Kier molecular flexibility index (Phi) is 3.35. The third-order valence-electron chi connectivity index (χ3n) is 2.72. The van der Waals surface area contributed by atoms with E-state index in [1.165, 1.54) is 11.2 Å². The van der Waals surface area contributed by atoms with E-state index >= 15 is 0 Å². The minimum absolute atomic E-state index is 0.395. The van der Waals surface area contributed by atoms with Crippen molar-refractivity contribution < 1.29 is 4.74 Å². The molecule has 0 radical (unpaired) electrons. The Morgan fingerprint density at radius 2 is 2.37 bits per heavy atom. The monoisotopic (exact) mass is 294 g/mol. The Bertz CT molecular complexity index is 695. The van der Waals surface area contributed by atoms with E-state index in [0.717, 1.165) is 12.0 Å². The minimum Gasteiger partial charge on any atom is -0.477 e. The highest BCUT2D eigenvalue weighted by Crippen LogP contribution is 2.24. The van der Waals surface area contributed by atoms with E-state index in [2.05, 4.69) is 26.5 Å². The summed E-state index contributed by atoms with van der Waals surface area (Å²) in [7, 11) is 0. The molecule has 0 amide bonds. The number of rotatable bonds is 4. The van der Waals surface area contributed by atoms with Crippen LogP contribution in [0.25, 0.3) is 5.78 Å². The molecule has 3 rings (SSSR count). The zero-order chi connectivity index (χ0) is 13.2. The molecule has 0 aliphatic carbocycles. The van der Waals surface area contributed by atoms with Crippen molar-refractivity contribution >= 4 is 28.7 Å². The van der Waals surface area contributed by atoms with Gasteiger partial charge in [-0.15, -0.1) is 11.3 Å². The van der Waals surface area contributed by atoms with Crippen molar-refractivity contribution in [3.8, 4) is 5.88 Å². The molecule has 0 atom stereocenters. The van der Waals surface area contributed by atoms with Gasteiger partial charge in [0.15, 0.2) is 0 Å². The summed E-state index contributed by atoms with van der Waals surface area (Å²) >= 11 is 7.78. The summed E-state index contributed by atoms with van der Waals surface area (Å²) in [5.41, 5.74) is 0.769. The van der Waals surface area contributed by atoms with Crippen LogP contribution in [0.1, 0.15) is 10.4 Å². The van der Waals surface area contributed by atoms with Gasteiger partial charge in [-0.2, -0.15) is 19.6 Å². The van der Waals surface area contributed by atoms with Crippen molar-refractivity contribution in [2.75, 3.05) is 6.61 Å². The molecule has 0 aliphatic heterocycles. The molecule has 7 heteroatoms. The van der Waals surface area contributed by atoms with E-state index in [1.54, 1.807) is 15.9 Å². The number of aromatic nitrogens is 4. The summed E-state index contributed by atoms with van der Waals surface area (Å²) in [6, 6.07) is 4.12. The first-order valence-corrected chi connectivity index (χ1v) is 7.02. The first-order chi connectivity index (χ1) is 9.25. The molecule has 0 saturated heterocycles. The maximum Gasteiger partial charge on any atom is 0.256 e. The van der Waals surface area contributed by atoms with Gasteiger partial charge in [-0.25, -0.2) is 0 Å². The highest BCUT2D eigenvalue weighted by molar-refractivity contribution is 7.09. The topological polar surface area (TPSA) is 52.3 Å². The van der Waals surface area contributed by atoms with Gasteiger partial charge in [-0.3, -0.25) is 0 Å². The third kappa shape index (κ3) is 2.41. The lowest BCUT2D eigenvalue weighted by Gasteiger charge is -2.10. The standard InChI is InChI=1S/C12H11ClN4OS/c1-8-10(13)16-12-14-7-15-17(12)11(8)18-5-4-9-3-2-6-19-9/h2-3,6-7H,4-5H2,1H3. The van der Waals surface area contributed by atoms with Crippen molar-refractivity contribution in [3.63, 3.8) is 0 Å². The summed E-state index contributed by atoms with van der Waals surface area (Å²) in [4.78, 5) is 9.43. The van der Waals surface area contributed by atoms with Gasteiger partial charge in [0.1, 0.15) is 11.5 Å². The van der Waals surface area contributed by atoms with E-state index in [-0.39, 0.29) is 0 Å². The lowest BCUT2D eigenvalue weighted by atomic mass is 10.3. The van der Waals surface area contributed by atoms with Crippen LogP contribution in [0.4, 0.5) is 0 Å². The fraction of sp³-hybridized carbons (Fsp3) is 0.250. The quantitative estimate of drug-likeness (QED) is 0.694. The Morgan fingerprint density at radius 3 is 3.16 bits per heavy atom. The van der Waals surface area contributed by atoms with Crippen LogP contribution in [-0.4, -0.2) is 26.2 Å². The van der Waals surface area contributed by atoms with Gasteiger partial charge in [0.05, 0.1) is 6.61 Å². The zero-order valence-corrected chi connectivity index (χ0v) is 11.8. The van der Waals surface area contributed by atoms with Crippen molar-refractivity contribution in [2.45, 2.75) is 13.3 Å². The molecule has 0 spiro atoms. The SMILES string of the molecule is Cc1c(Cl)nc2ncnn2c1OCCc1cccs1. The number of halogens is 1. The highest BCUT2D eigenvalue weighted by Gasteiger charge is 2.13. The molecule has 3 aromatic heterocycles. The normalized spacial score (nSPS) is 11.1. The van der Waals surface area contributed by atoms with E-state index in [0.29, 0.717) is 23.4 Å². The fourth-order valence-electron chi connectivity index (χ4n) is 1.75. The fourth-order valence-corrected chi connectivity index (χ4v) is 2.59. The summed E-state index contributed by atoms with van der Waals surface area (Å²) in [6.45, 7) is 2.42. The Labute approximate surface area is 118 Å². The molecule has 0 bridgehead atoms. The molecule has 0 aliphatic rings. The van der Waals surface area contributed by atoms with Crippen molar-refractivity contribution in [1.82, 2.24) is 19.6 Å². The second-order valence-electron chi connectivity index (χ2n) is 3.98. The molecule has 0 unspecified atom stereocenters. The van der Waals surface area contributed by atoms with Crippen molar-refractivity contribution in [2.24, 2.45) is 0 Å². The lowest BCUT2D eigenvalue weighted by Crippen LogP contribution is -2.08. The van der Waals surface area contributed by atoms with Crippen LogP contribution in [0.5, 0.6) is 5.88 Å². The third-order valence-corrected chi connectivity index (χ3v) is 4.02. The Morgan fingerprint density at radius 1 is 1.47 bits per heavy atom. The van der Waals surface area contributed by atoms with E-state index in [4.69, 9.17) is 16.3 Å². The Balaban J connectivity index is 1.83. The molecular formula is C12H11ClN4OS. The largest absolute Gasteiger partial charge is 0.477 e. The van der Waals surface area contributed by atoms with Crippen LogP contribution in [0.2, 0.25) is 5.15 Å². The number of hydrogen-bond acceptors (Lipinski definition) is 5. The van der Waals surface area contributed by atoms with Gasteiger partial charge in [0.25, 0.3) is 5.78 Å². The highest BCUT2D eigenvalue weighted by atomic mass is 35.5. The smallest absolute Gasteiger partial charge is 0.256 e. The maximum absolute atomic E-state index is 6.06. The van der Waals surface area contributed by atoms with Gasteiger partial charge in [-0.1, -0.05) is 17.7 Å². The molecule has 98 valence electrons. The van der Waals surface area contributed by atoms with Crippen LogP contribution < -0.4 is 4.74 Å². The maximum atomic E-state index is 6.06. The first kappa shape index (κ1) is 12.4. The van der Waals surface area contributed by atoms with Crippen molar-refractivity contribution in [3.05, 3.63) is 39.4 Å². The molecule has 19 heavy (non-hydrogen) atoms. The number of hydrogen-bond donors (Lipinski definition) is 0. The average molecular weight is 295 g/mol. The van der Waals surface area contributed by atoms with Crippen LogP contribution in [0, 0.1) is 6.92 Å². The van der Waals surface area contributed by atoms with Gasteiger partial charge in [0, 0.05) is 16.9 Å². The predicted octanol–water partition coefficient (Wildman–Crippen LogP) is 2.77. The molecule has 0 aromatic carbocycles. The zero-order valence-electron chi connectivity index (χ0n) is 10.2. The van der Waals surface area contributed by atoms with E-state index in [9.17, 15) is 0 Å². The van der Waals surface area contributed by atoms with Crippen LogP contribution in [0.3, 0.4) is 0 Å². The second-order valence-corrected chi connectivity index (χ2v) is 5.37. The van der Waals surface area contributed by atoms with Crippen molar-refractivity contribution in [1.29, 1.82) is 0 Å². The van der Waals surface area contributed by atoms with Gasteiger partial charge < -0.3 is 4.74 Å².